The Bertz CT molecular complexity index is 681. The zero-order valence-electron chi connectivity index (χ0n) is 15.2. The van der Waals surface area contributed by atoms with Crippen LogP contribution in [0.2, 0.25) is 0 Å². The monoisotopic (exact) mass is 357 g/mol. The molecule has 2 heterocycles. The molecule has 6 heteroatoms. The number of para-hydroxylation sites is 1. The minimum Gasteiger partial charge on any atom is -0.489 e. The van der Waals surface area contributed by atoms with Gasteiger partial charge < -0.3 is 20.7 Å². The minimum atomic E-state index is -0.430. The van der Waals surface area contributed by atoms with E-state index in [1.54, 1.807) is 12.1 Å². The van der Waals surface area contributed by atoms with Gasteiger partial charge in [0.2, 0.25) is 5.91 Å². The maximum Gasteiger partial charge on any atom is 0.255 e. The SMILES string of the molecule is C[C@H]1CNC(=O)[C@]2(C/C=C\COc3ccccc3C(=O)N1)CCCNC2. The van der Waals surface area contributed by atoms with E-state index in [9.17, 15) is 9.59 Å². The molecule has 2 amide bonds. The Kier molecular flexibility index (Phi) is 5.93. The lowest BCUT2D eigenvalue weighted by atomic mass is 9.76. The van der Waals surface area contributed by atoms with E-state index >= 15 is 0 Å². The molecule has 1 saturated heterocycles. The molecule has 0 saturated carbocycles. The number of nitrogens with one attached hydrogen (secondary N) is 3. The number of carbonyl (C=O) groups excluding carboxylic acids is 2. The second-order valence-electron chi connectivity index (χ2n) is 7.13. The van der Waals surface area contributed by atoms with E-state index in [0.717, 1.165) is 19.4 Å². The molecule has 1 spiro atoms. The van der Waals surface area contributed by atoms with E-state index in [4.69, 9.17) is 4.74 Å². The molecule has 3 rings (SSSR count). The van der Waals surface area contributed by atoms with Crippen molar-refractivity contribution in [2.75, 3.05) is 26.2 Å². The number of carbonyl (C=O) groups is 2. The molecule has 6 nitrogen and oxygen atoms in total. The fraction of sp³-hybridized carbons (Fsp3) is 0.500. The van der Waals surface area contributed by atoms with Crippen LogP contribution in [0.3, 0.4) is 0 Å². The van der Waals surface area contributed by atoms with Crippen LogP contribution < -0.4 is 20.7 Å². The molecule has 1 aromatic carbocycles. The first-order valence-corrected chi connectivity index (χ1v) is 9.27. The van der Waals surface area contributed by atoms with Gasteiger partial charge in [0, 0.05) is 19.1 Å². The van der Waals surface area contributed by atoms with Crippen molar-refractivity contribution < 1.29 is 14.3 Å². The number of fused-ring (bicyclic) bond motifs is 1. The molecule has 1 fully saturated rings. The summed E-state index contributed by atoms with van der Waals surface area (Å²) in [6, 6.07) is 7.03. The van der Waals surface area contributed by atoms with Crippen LogP contribution in [-0.4, -0.2) is 44.1 Å². The molecule has 0 aliphatic carbocycles. The van der Waals surface area contributed by atoms with Crippen molar-refractivity contribution in [3.8, 4) is 5.75 Å². The van der Waals surface area contributed by atoms with Gasteiger partial charge in [0.25, 0.3) is 5.91 Å². The van der Waals surface area contributed by atoms with Gasteiger partial charge in [-0.3, -0.25) is 9.59 Å². The van der Waals surface area contributed by atoms with Crippen molar-refractivity contribution in [3.05, 3.63) is 42.0 Å². The van der Waals surface area contributed by atoms with Gasteiger partial charge in [-0.1, -0.05) is 24.3 Å². The smallest absolute Gasteiger partial charge is 0.255 e. The van der Waals surface area contributed by atoms with E-state index in [1.807, 2.05) is 31.2 Å². The van der Waals surface area contributed by atoms with Crippen LogP contribution in [0.15, 0.2) is 36.4 Å². The van der Waals surface area contributed by atoms with Gasteiger partial charge in [0.05, 0.1) is 11.0 Å². The number of benzene rings is 1. The van der Waals surface area contributed by atoms with Crippen molar-refractivity contribution in [2.45, 2.75) is 32.2 Å². The predicted molar refractivity (Wildman–Crippen MR) is 100 cm³/mol. The summed E-state index contributed by atoms with van der Waals surface area (Å²) in [7, 11) is 0. The number of hydrogen-bond acceptors (Lipinski definition) is 4. The standard InChI is InChI=1S/C20H27N3O3/c1-15-13-22-19(25)20(10-6-11-21-14-20)9-4-5-12-26-17-8-3-2-7-16(17)18(24)23-15/h2-5,7-8,15,21H,6,9-14H2,1H3,(H,22,25)(H,23,24)/b5-4-/t15-,20+/m0/s1. The van der Waals surface area contributed by atoms with E-state index < -0.39 is 5.41 Å². The van der Waals surface area contributed by atoms with Crippen LogP contribution in [0.25, 0.3) is 0 Å². The summed E-state index contributed by atoms with van der Waals surface area (Å²) >= 11 is 0. The molecule has 0 radical (unpaired) electrons. The van der Waals surface area contributed by atoms with E-state index in [1.165, 1.54) is 0 Å². The Hall–Kier alpha value is -2.34. The topological polar surface area (TPSA) is 79.5 Å². The first-order chi connectivity index (χ1) is 12.6. The summed E-state index contributed by atoms with van der Waals surface area (Å²) in [6.45, 7) is 4.28. The Morgan fingerprint density at radius 1 is 1.19 bits per heavy atom. The number of amides is 2. The van der Waals surface area contributed by atoms with Crippen molar-refractivity contribution in [1.29, 1.82) is 0 Å². The Morgan fingerprint density at radius 2 is 2.04 bits per heavy atom. The van der Waals surface area contributed by atoms with Gasteiger partial charge in [-0.05, 0) is 44.9 Å². The largest absolute Gasteiger partial charge is 0.489 e. The molecule has 3 N–H and O–H groups in total. The average Bonchev–Trinajstić information content (AvgIpc) is 2.66. The lowest BCUT2D eigenvalue weighted by molar-refractivity contribution is -0.132. The van der Waals surface area contributed by atoms with E-state index in [-0.39, 0.29) is 17.9 Å². The maximum absolute atomic E-state index is 12.9. The highest BCUT2D eigenvalue weighted by atomic mass is 16.5. The summed E-state index contributed by atoms with van der Waals surface area (Å²) in [5, 5.41) is 9.31. The van der Waals surface area contributed by atoms with Crippen LogP contribution >= 0.6 is 0 Å². The molecule has 0 unspecified atom stereocenters. The van der Waals surface area contributed by atoms with Crippen LogP contribution in [0.5, 0.6) is 5.75 Å². The number of piperidine rings is 1. The summed E-state index contributed by atoms with van der Waals surface area (Å²) in [4.78, 5) is 25.4. The highest BCUT2D eigenvalue weighted by Gasteiger charge is 2.38. The van der Waals surface area contributed by atoms with Crippen molar-refractivity contribution in [3.63, 3.8) is 0 Å². The molecular formula is C20H27N3O3. The van der Waals surface area contributed by atoms with Gasteiger partial charge in [0.15, 0.2) is 0 Å². The Morgan fingerprint density at radius 3 is 2.85 bits per heavy atom. The van der Waals surface area contributed by atoms with Gasteiger partial charge in [-0.15, -0.1) is 0 Å². The first kappa shape index (κ1) is 18.5. The second kappa shape index (κ2) is 8.36. The molecule has 0 bridgehead atoms. The van der Waals surface area contributed by atoms with Crippen LogP contribution in [-0.2, 0) is 4.79 Å². The molecule has 2 atom stereocenters. The predicted octanol–water partition coefficient (Wildman–Crippen LogP) is 1.63. The van der Waals surface area contributed by atoms with Crippen molar-refractivity contribution >= 4 is 11.8 Å². The molecule has 26 heavy (non-hydrogen) atoms. The average molecular weight is 357 g/mol. The van der Waals surface area contributed by atoms with Gasteiger partial charge in [-0.2, -0.15) is 0 Å². The molecule has 2 aliphatic heterocycles. The second-order valence-corrected chi connectivity index (χ2v) is 7.13. The van der Waals surface area contributed by atoms with Crippen molar-refractivity contribution in [1.82, 2.24) is 16.0 Å². The molecule has 140 valence electrons. The lowest BCUT2D eigenvalue weighted by Gasteiger charge is -2.36. The third-order valence-electron chi connectivity index (χ3n) is 5.04. The third kappa shape index (κ3) is 4.25. The minimum absolute atomic E-state index is 0.0498. The fourth-order valence-electron chi connectivity index (χ4n) is 3.51. The fourth-order valence-corrected chi connectivity index (χ4v) is 3.51. The van der Waals surface area contributed by atoms with Crippen LogP contribution in [0.4, 0.5) is 0 Å². The lowest BCUT2D eigenvalue weighted by Crippen LogP contribution is -2.52. The highest BCUT2D eigenvalue weighted by molar-refractivity contribution is 5.97. The Balaban J connectivity index is 1.81. The number of rotatable bonds is 0. The number of hydrogen-bond donors (Lipinski definition) is 3. The normalized spacial score (nSPS) is 28.9. The summed E-state index contributed by atoms with van der Waals surface area (Å²) < 4.78 is 5.78. The highest BCUT2D eigenvalue weighted by Crippen LogP contribution is 2.31. The summed E-state index contributed by atoms with van der Waals surface area (Å²) in [5.41, 5.74) is 0.0737. The number of ether oxygens (including phenoxy) is 1. The zero-order chi connectivity index (χ0) is 18.4. The first-order valence-electron chi connectivity index (χ1n) is 9.27. The third-order valence-corrected chi connectivity index (χ3v) is 5.04. The molecule has 1 aromatic rings. The van der Waals surface area contributed by atoms with Crippen LogP contribution in [0, 0.1) is 5.41 Å². The number of allylic oxidation sites excluding steroid dienone is 1. The molecule has 0 aromatic heterocycles. The molecular weight excluding hydrogens is 330 g/mol. The van der Waals surface area contributed by atoms with Crippen molar-refractivity contribution in [2.24, 2.45) is 5.41 Å². The van der Waals surface area contributed by atoms with Gasteiger partial charge in [-0.25, -0.2) is 0 Å². The molecule has 2 aliphatic rings. The van der Waals surface area contributed by atoms with Crippen LogP contribution in [0.1, 0.15) is 36.5 Å². The van der Waals surface area contributed by atoms with E-state index in [0.29, 0.717) is 37.4 Å². The van der Waals surface area contributed by atoms with Gasteiger partial charge in [0.1, 0.15) is 12.4 Å². The Labute approximate surface area is 154 Å². The summed E-state index contributed by atoms with van der Waals surface area (Å²) in [6.07, 6.45) is 6.47. The quantitative estimate of drug-likeness (QED) is 0.617. The maximum atomic E-state index is 12.9. The van der Waals surface area contributed by atoms with Gasteiger partial charge >= 0.3 is 0 Å². The summed E-state index contributed by atoms with van der Waals surface area (Å²) in [5.74, 6) is 0.420. The zero-order valence-corrected chi connectivity index (χ0v) is 15.2. The van der Waals surface area contributed by atoms with E-state index in [2.05, 4.69) is 16.0 Å².